The average Bonchev–Trinajstić information content (AvgIpc) is 3.01. The van der Waals surface area contributed by atoms with Crippen LogP contribution in [0.3, 0.4) is 0 Å². The maximum Gasteiger partial charge on any atom is 0.335 e. The minimum absolute atomic E-state index is 0.0688. The highest BCUT2D eigenvalue weighted by Crippen LogP contribution is 2.32. The van der Waals surface area contributed by atoms with Gasteiger partial charge in [0.05, 0.1) is 11.6 Å². The van der Waals surface area contributed by atoms with Crippen molar-refractivity contribution < 1.29 is 14.7 Å². The Balaban J connectivity index is 1.19. The number of hydrogen-bond donors (Lipinski definition) is 2. The van der Waals surface area contributed by atoms with Gasteiger partial charge in [-0.15, -0.1) is 0 Å². The third-order valence-electron chi connectivity index (χ3n) is 8.00. The summed E-state index contributed by atoms with van der Waals surface area (Å²) in [6.45, 7) is 3.69. The predicted octanol–water partition coefficient (Wildman–Crippen LogP) is 7.65. The molecule has 1 amide bonds. The first-order chi connectivity index (χ1) is 20.0. The molecule has 204 valence electrons. The first kappa shape index (κ1) is 26.3. The Bertz CT molecular complexity index is 1740. The highest BCUT2D eigenvalue weighted by molar-refractivity contribution is 5.95. The smallest absolute Gasteiger partial charge is 0.335 e. The molecule has 1 aliphatic heterocycles. The number of nitrogens with one attached hydrogen (secondary N) is 1. The summed E-state index contributed by atoms with van der Waals surface area (Å²) in [6, 6.07) is 35.8. The molecule has 1 aliphatic rings. The number of rotatable bonds is 7. The van der Waals surface area contributed by atoms with E-state index in [9.17, 15) is 14.7 Å². The Morgan fingerprint density at radius 3 is 2.37 bits per heavy atom. The van der Waals surface area contributed by atoms with Gasteiger partial charge in [-0.3, -0.25) is 4.79 Å². The van der Waals surface area contributed by atoms with Crippen LogP contribution in [0, 0.1) is 0 Å². The van der Waals surface area contributed by atoms with E-state index in [-0.39, 0.29) is 17.5 Å². The molecular weight excluding hydrogens is 508 g/mol. The molecule has 0 fully saturated rings. The van der Waals surface area contributed by atoms with Gasteiger partial charge >= 0.3 is 5.97 Å². The molecule has 5 aromatic carbocycles. The van der Waals surface area contributed by atoms with E-state index in [2.05, 4.69) is 58.7 Å². The van der Waals surface area contributed by atoms with Gasteiger partial charge in [0, 0.05) is 24.3 Å². The zero-order chi connectivity index (χ0) is 28.3. The van der Waals surface area contributed by atoms with Gasteiger partial charge in [0.2, 0.25) is 0 Å². The van der Waals surface area contributed by atoms with Crippen LogP contribution in [0.25, 0.3) is 21.9 Å². The molecule has 0 saturated carbocycles. The number of carbonyl (C=O) groups excluding carboxylic acids is 1. The highest BCUT2D eigenvalue weighted by Gasteiger charge is 2.21. The van der Waals surface area contributed by atoms with E-state index in [4.69, 9.17) is 0 Å². The quantitative estimate of drug-likeness (QED) is 0.222. The highest BCUT2D eigenvalue weighted by atomic mass is 16.4. The van der Waals surface area contributed by atoms with E-state index < -0.39 is 5.97 Å². The van der Waals surface area contributed by atoms with Crippen LogP contribution in [-0.2, 0) is 13.0 Å². The van der Waals surface area contributed by atoms with Gasteiger partial charge in [0.15, 0.2) is 0 Å². The minimum atomic E-state index is -0.925. The molecule has 1 atom stereocenters. The lowest BCUT2D eigenvalue weighted by Crippen LogP contribution is -2.30. The molecule has 1 unspecified atom stereocenters. The summed E-state index contributed by atoms with van der Waals surface area (Å²) in [6.07, 6.45) is 1.95. The predicted molar refractivity (Wildman–Crippen MR) is 164 cm³/mol. The first-order valence-corrected chi connectivity index (χ1v) is 14.1. The molecule has 0 saturated heterocycles. The van der Waals surface area contributed by atoms with Crippen molar-refractivity contribution in [3.05, 3.63) is 137 Å². The monoisotopic (exact) mass is 540 g/mol. The number of carboxylic acids is 1. The van der Waals surface area contributed by atoms with Crippen molar-refractivity contribution in [2.75, 3.05) is 11.4 Å². The third-order valence-corrected chi connectivity index (χ3v) is 8.00. The molecule has 0 aliphatic carbocycles. The molecule has 5 nitrogen and oxygen atoms in total. The van der Waals surface area contributed by atoms with Crippen LogP contribution in [0.15, 0.2) is 109 Å². The second-order valence-corrected chi connectivity index (χ2v) is 10.7. The van der Waals surface area contributed by atoms with Crippen molar-refractivity contribution in [3.8, 4) is 11.1 Å². The fourth-order valence-corrected chi connectivity index (χ4v) is 5.76. The van der Waals surface area contributed by atoms with Crippen molar-refractivity contribution >= 4 is 28.3 Å². The fourth-order valence-electron chi connectivity index (χ4n) is 5.76. The van der Waals surface area contributed by atoms with Crippen LogP contribution < -0.4 is 10.2 Å². The number of amides is 1. The number of aromatic carboxylic acids is 1. The van der Waals surface area contributed by atoms with Gasteiger partial charge < -0.3 is 15.3 Å². The maximum absolute atomic E-state index is 13.3. The van der Waals surface area contributed by atoms with Crippen LogP contribution >= 0.6 is 0 Å². The summed E-state index contributed by atoms with van der Waals surface area (Å²) in [5.74, 6) is -0.994. The van der Waals surface area contributed by atoms with E-state index in [1.807, 2.05) is 55.5 Å². The van der Waals surface area contributed by atoms with Crippen molar-refractivity contribution in [2.24, 2.45) is 0 Å². The summed E-state index contributed by atoms with van der Waals surface area (Å²) in [5, 5.41) is 14.8. The zero-order valence-corrected chi connectivity index (χ0v) is 23.0. The Hall–Kier alpha value is -4.90. The van der Waals surface area contributed by atoms with Gasteiger partial charge in [0.1, 0.15) is 0 Å². The van der Waals surface area contributed by atoms with E-state index >= 15 is 0 Å². The summed E-state index contributed by atoms with van der Waals surface area (Å²) in [5.41, 5.74) is 7.65. The standard InChI is InChI=1S/C36H32N2O3/c1-24(28-17-12-25-7-2-3-8-29(25)21-28)37-35(39)31-18-19-34-30(22-31)10-6-20-38(34)23-32-9-4-5-11-33(32)26-13-15-27(16-14-26)36(40)41/h2-5,7-9,11-19,21-22,24H,6,10,20,23H2,1H3,(H,37,39)(H,40,41). The number of aryl methyl sites for hydroxylation is 1. The fraction of sp³-hybridized carbons (Fsp3) is 0.167. The Labute approximate surface area is 240 Å². The Kier molecular flexibility index (Phi) is 7.26. The molecule has 5 aromatic rings. The van der Waals surface area contributed by atoms with E-state index in [0.717, 1.165) is 48.3 Å². The molecule has 6 rings (SSSR count). The van der Waals surface area contributed by atoms with Crippen molar-refractivity contribution in [2.45, 2.75) is 32.4 Å². The van der Waals surface area contributed by atoms with Gasteiger partial charge in [-0.25, -0.2) is 4.79 Å². The Morgan fingerprint density at radius 1 is 0.829 bits per heavy atom. The summed E-state index contributed by atoms with van der Waals surface area (Å²) in [4.78, 5) is 26.9. The van der Waals surface area contributed by atoms with E-state index in [1.165, 1.54) is 21.9 Å². The molecule has 5 heteroatoms. The number of hydrogen-bond acceptors (Lipinski definition) is 3. The second kappa shape index (κ2) is 11.3. The lowest BCUT2D eigenvalue weighted by molar-refractivity contribution is 0.0696. The maximum atomic E-state index is 13.3. The van der Waals surface area contributed by atoms with Crippen molar-refractivity contribution in [1.29, 1.82) is 0 Å². The van der Waals surface area contributed by atoms with E-state index in [1.54, 1.807) is 12.1 Å². The van der Waals surface area contributed by atoms with Crippen molar-refractivity contribution in [3.63, 3.8) is 0 Å². The lowest BCUT2D eigenvalue weighted by Gasteiger charge is -2.32. The largest absolute Gasteiger partial charge is 0.478 e. The van der Waals surface area contributed by atoms with Gasteiger partial charge in [-0.05, 0) is 94.8 Å². The van der Waals surface area contributed by atoms with Gasteiger partial charge in [-0.1, -0.05) is 72.8 Å². The van der Waals surface area contributed by atoms with E-state index in [0.29, 0.717) is 5.56 Å². The first-order valence-electron chi connectivity index (χ1n) is 14.1. The van der Waals surface area contributed by atoms with Crippen LogP contribution in [0.4, 0.5) is 5.69 Å². The van der Waals surface area contributed by atoms with Gasteiger partial charge in [0.25, 0.3) is 5.91 Å². The SMILES string of the molecule is CC(NC(=O)c1ccc2c(c1)CCCN2Cc1ccccc1-c1ccc(C(=O)O)cc1)c1ccc2ccccc2c1. The summed E-state index contributed by atoms with van der Waals surface area (Å²) in [7, 11) is 0. The molecular formula is C36H32N2O3. The molecule has 0 spiro atoms. The molecule has 0 aromatic heterocycles. The Morgan fingerprint density at radius 2 is 1.56 bits per heavy atom. The normalized spacial score (nSPS) is 13.4. The average molecular weight is 541 g/mol. The number of anilines is 1. The van der Waals surface area contributed by atoms with Crippen LogP contribution in [0.1, 0.15) is 56.8 Å². The second-order valence-electron chi connectivity index (χ2n) is 10.7. The van der Waals surface area contributed by atoms with Crippen LogP contribution in [-0.4, -0.2) is 23.5 Å². The van der Waals surface area contributed by atoms with Crippen molar-refractivity contribution in [1.82, 2.24) is 5.32 Å². The molecule has 0 radical (unpaired) electrons. The number of carboxylic acid groups (broad SMARTS) is 1. The van der Waals surface area contributed by atoms with Crippen LogP contribution in [0.5, 0.6) is 0 Å². The molecule has 0 bridgehead atoms. The number of fused-ring (bicyclic) bond motifs is 2. The molecule has 41 heavy (non-hydrogen) atoms. The number of carbonyl (C=O) groups is 2. The zero-order valence-electron chi connectivity index (χ0n) is 23.0. The number of nitrogens with zero attached hydrogens (tertiary/aromatic N) is 1. The topological polar surface area (TPSA) is 69.6 Å². The van der Waals surface area contributed by atoms with Gasteiger partial charge in [-0.2, -0.15) is 0 Å². The van der Waals surface area contributed by atoms with Crippen LogP contribution in [0.2, 0.25) is 0 Å². The summed E-state index contributed by atoms with van der Waals surface area (Å²) < 4.78 is 0. The lowest BCUT2D eigenvalue weighted by atomic mass is 9.95. The summed E-state index contributed by atoms with van der Waals surface area (Å²) >= 11 is 0. The third kappa shape index (κ3) is 5.57. The molecule has 1 heterocycles. The number of benzene rings is 5. The molecule has 2 N–H and O–H groups in total. The minimum Gasteiger partial charge on any atom is -0.478 e.